The van der Waals surface area contributed by atoms with Gasteiger partial charge in [-0.15, -0.1) is 0 Å². The normalized spacial score (nSPS) is 16.1. The van der Waals surface area contributed by atoms with Gasteiger partial charge in [-0.3, -0.25) is 4.79 Å². The Morgan fingerprint density at radius 1 is 1.10 bits per heavy atom. The first-order chi connectivity index (χ1) is 14.1. The zero-order valence-electron chi connectivity index (χ0n) is 16.8. The van der Waals surface area contributed by atoms with Crippen molar-refractivity contribution in [3.05, 3.63) is 72.0 Å². The molecule has 5 heteroatoms. The molecule has 0 spiro atoms. The monoisotopic (exact) mass is 391 g/mol. The summed E-state index contributed by atoms with van der Waals surface area (Å²) in [6.07, 6.45) is 1.53. The van der Waals surface area contributed by atoms with E-state index in [1.165, 1.54) is 0 Å². The summed E-state index contributed by atoms with van der Waals surface area (Å²) >= 11 is 0. The van der Waals surface area contributed by atoms with E-state index in [2.05, 4.69) is 0 Å². The quantitative estimate of drug-likeness (QED) is 0.584. The summed E-state index contributed by atoms with van der Waals surface area (Å²) in [6, 6.07) is 17.9. The molecule has 0 bridgehead atoms. The molecule has 1 amide bonds. The molecule has 1 aromatic heterocycles. The highest BCUT2D eigenvalue weighted by Crippen LogP contribution is 2.34. The van der Waals surface area contributed by atoms with Crippen molar-refractivity contribution in [2.45, 2.75) is 20.0 Å². The van der Waals surface area contributed by atoms with Crippen LogP contribution < -0.4 is 4.74 Å². The van der Waals surface area contributed by atoms with E-state index < -0.39 is 0 Å². The third kappa shape index (κ3) is 4.35. The van der Waals surface area contributed by atoms with Gasteiger partial charge < -0.3 is 18.8 Å². The topological polar surface area (TPSA) is 51.9 Å². The average molecular weight is 391 g/mol. The molecule has 1 unspecified atom stereocenters. The first kappa shape index (κ1) is 19.3. The number of fused-ring (bicyclic) bond motifs is 1. The van der Waals surface area contributed by atoms with Gasteiger partial charge in [-0.05, 0) is 37.1 Å². The largest absolute Gasteiger partial charge is 0.482 e. The van der Waals surface area contributed by atoms with Crippen molar-refractivity contribution in [1.82, 2.24) is 4.90 Å². The van der Waals surface area contributed by atoms with Gasteiger partial charge in [-0.25, -0.2) is 0 Å². The molecule has 1 atom stereocenters. The zero-order valence-corrected chi connectivity index (χ0v) is 16.8. The van der Waals surface area contributed by atoms with Crippen molar-refractivity contribution in [1.29, 1.82) is 0 Å². The predicted molar refractivity (Wildman–Crippen MR) is 113 cm³/mol. The number of ether oxygens (including phenoxy) is 2. The van der Waals surface area contributed by atoms with Crippen LogP contribution in [0, 0.1) is 0 Å². The maximum atomic E-state index is 12.5. The second kappa shape index (κ2) is 8.53. The number of amides is 1. The third-order valence-electron chi connectivity index (χ3n) is 5.13. The zero-order chi connectivity index (χ0) is 20.2. The molecule has 29 heavy (non-hydrogen) atoms. The van der Waals surface area contributed by atoms with Crippen LogP contribution in [0.15, 0.2) is 65.1 Å². The number of furan rings is 1. The number of carbonyl (C=O) groups excluding carboxylic acids is 1. The molecule has 0 saturated carbocycles. The van der Waals surface area contributed by atoms with Crippen LogP contribution in [0.2, 0.25) is 0 Å². The fourth-order valence-electron chi connectivity index (χ4n) is 3.44. The number of hydrogen-bond acceptors (Lipinski definition) is 4. The first-order valence-corrected chi connectivity index (χ1v) is 9.91. The smallest absolute Gasteiger partial charge is 0.247 e. The van der Waals surface area contributed by atoms with Crippen molar-refractivity contribution in [3.8, 4) is 5.75 Å². The fourth-order valence-corrected chi connectivity index (χ4v) is 3.44. The van der Waals surface area contributed by atoms with E-state index in [9.17, 15) is 4.79 Å². The number of carbonyl (C=O) groups is 1. The molecule has 0 radical (unpaired) electrons. The highest BCUT2D eigenvalue weighted by atomic mass is 16.5. The van der Waals surface area contributed by atoms with E-state index >= 15 is 0 Å². The molecule has 0 N–H and O–H groups in total. The molecule has 1 saturated heterocycles. The molecule has 4 rings (SSSR count). The molecular weight excluding hydrogens is 366 g/mol. The number of nitrogens with zero attached hydrogens (tertiary/aromatic N) is 1. The Kier molecular flexibility index (Phi) is 5.67. The van der Waals surface area contributed by atoms with Crippen LogP contribution in [-0.2, 0) is 9.53 Å². The molecule has 1 aliphatic heterocycles. The molecule has 5 nitrogen and oxygen atoms in total. The van der Waals surface area contributed by atoms with E-state index in [0.717, 1.165) is 16.5 Å². The molecule has 2 aromatic carbocycles. The van der Waals surface area contributed by atoms with E-state index in [4.69, 9.17) is 13.9 Å². The van der Waals surface area contributed by atoms with Crippen LogP contribution >= 0.6 is 0 Å². The van der Waals surface area contributed by atoms with Crippen LogP contribution in [-0.4, -0.2) is 37.1 Å². The Bertz CT molecular complexity index is 1020. The van der Waals surface area contributed by atoms with Crippen molar-refractivity contribution in [2.24, 2.45) is 0 Å². The van der Waals surface area contributed by atoms with Crippen molar-refractivity contribution < 1.29 is 18.7 Å². The molecular formula is C24H25NO4. The van der Waals surface area contributed by atoms with Crippen LogP contribution in [0.4, 0.5) is 0 Å². The van der Waals surface area contributed by atoms with Gasteiger partial charge in [0.1, 0.15) is 11.9 Å². The minimum Gasteiger partial charge on any atom is -0.482 e. The number of morpholine rings is 1. The fraction of sp³-hybridized carbons (Fsp3) is 0.292. The van der Waals surface area contributed by atoms with Gasteiger partial charge in [0.05, 0.1) is 13.2 Å². The van der Waals surface area contributed by atoms with Gasteiger partial charge in [-0.2, -0.15) is 0 Å². The van der Waals surface area contributed by atoms with Crippen molar-refractivity contribution in [2.75, 3.05) is 26.3 Å². The first-order valence-electron chi connectivity index (χ1n) is 9.91. The van der Waals surface area contributed by atoms with Gasteiger partial charge in [0, 0.05) is 24.6 Å². The molecule has 2 heterocycles. The van der Waals surface area contributed by atoms with Gasteiger partial charge in [0.25, 0.3) is 0 Å². The number of para-hydroxylation sites is 1. The summed E-state index contributed by atoms with van der Waals surface area (Å²) < 4.78 is 17.6. The molecule has 1 aliphatic rings. The number of benzene rings is 2. The second-order valence-corrected chi connectivity index (χ2v) is 7.22. The van der Waals surface area contributed by atoms with Crippen LogP contribution in [0.1, 0.15) is 31.3 Å². The molecule has 150 valence electrons. The maximum Gasteiger partial charge on any atom is 0.247 e. The molecule has 0 aliphatic carbocycles. The minimum atomic E-state index is -0.102. The Balaban J connectivity index is 1.57. The number of hydrogen-bond donors (Lipinski definition) is 0. The van der Waals surface area contributed by atoms with Gasteiger partial charge in [0.2, 0.25) is 5.91 Å². The summed E-state index contributed by atoms with van der Waals surface area (Å²) in [6.45, 7) is 6.33. The highest BCUT2D eigenvalue weighted by molar-refractivity contribution is 5.96. The number of allylic oxidation sites excluding steroid dienone is 1. The summed E-state index contributed by atoms with van der Waals surface area (Å²) in [5.74, 6) is 1.35. The van der Waals surface area contributed by atoms with Crippen LogP contribution in [0.3, 0.4) is 0 Å². The Hall–Kier alpha value is -3.05. The summed E-state index contributed by atoms with van der Waals surface area (Å²) in [5, 5.41) is 0.948. The Morgan fingerprint density at radius 2 is 1.86 bits per heavy atom. The lowest BCUT2D eigenvalue weighted by Crippen LogP contribution is -2.39. The highest BCUT2D eigenvalue weighted by Gasteiger charge is 2.17. The maximum absolute atomic E-state index is 12.5. The van der Waals surface area contributed by atoms with E-state index in [1.807, 2.05) is 68.4 Å². The molecule has 3 aromatic rings. The Labute approximate surface area is 170 Å². The van der Waals surface area contributed by atoms with E-state index in [1.54, 1.807) is 11.0 Å². The minimum absolute atomic E-state index is 0.0135. The van der Waals surface area contributed by atoms with Gasteiger partial charge >= 0.3 is 0 Å². The van der Waals surface area contributed by atoms with Gasteiger partial charge in [-0.1, -0.05) is 42.5 Å². The SMILES string of the molecule is C/C(=C/C(=O)N1CCOCC1)c1cc2cccc(OC(C)c3ccccc3)c2o1. The van der Waals surface area contributed by atoms with Crippen LogP contribution in [0.5, 0.6) is 5.75 Å². The van der Waals surface area contributed by atoms with E-state index in [-0.39, 0.29) is 12.0 Å². The standard InChI is InChI=1S/C24H25NO4/c1-17(15-23(26)25-11-13-27-14-12-25)22-16-20-9-6-10-21(24(20)29-22)28-18(2)19-7-4-3-5-8-19/h3-10,15-16,18H,11-14H2,1-2H3/b17-15-. The molecule has 1 fully saturated rings. The summed E-state index contributed by atoms with van der Waals surface area (Å²) in [5.41, 5.74) is 2.58. The lowest BCUT2D eigenvalue weighted by atomic mass is 10.1. The average Bonchev–Trinajstić information content (AvgIpc) is 3.20. The Morgan fingerprint density at radius 3 is 2.62 bits per heavy atom. The van der Waals surface area contributed by atoms with Crippen molar-refractivity contribution >= 4 is 22.4 Å². The lowest BCUT2D eigenvalue weighted by Gasteiger charge is -2.25. The van der Waals surface area contributed by atoms with Gasteiger partial charge in [0.15, 0.2) is 11.3 Å². The predicted octanol–water partition coefficient (Wildman–Crippen LogP) is 4.83. The summed E-state index contributed by atoms with van der Waals surface area (Å²) in [4.78, 5) is 14.3. The summed E-state index contributed by atoms with van der Waals surface area (Å²) in [7, 11) is 0. The number of rotatable bonds is 5. The van der Waals surface area contributed by atoms with E-state index in [0.29, 0.717) is 43.4 Å². The van der Waals surface area contributed by atoms with Crippen molar-refractivity contribution in [3.63, 3.8) is 0 Å². The van der Waals surface area contributed by atoms with Crippen LogP contribution in [0.25, 0.3) is 16.5 Å². The second-order valence-electron chi connectivity index (χ2n) is 7.22. The lowest BCUT2D eigenvalue weighted by molar-refractivity contribution is -0.129. The third-order valence-corrected chi connectivity index (χ3v) is 5.13.